The second-order valence-corrected chi connectivity index (χ2v) is 6.98. The number of anilines is 1. The zero-order chi connectivity index (χ0) is 15.8. The van der Waals surface area contributed by atoms with Gasteiger partial charge in [0.05, 0.1) is 16.5 Å². The second-order valence-electron chi connectivity index (χ2n) is 5.74. The van der Waals surface area contributed by atoms with Crippen LogP contribution in [0.1, 0.15) is 11.1 Å². The van der Waals surface area contributed by atoms with Crippen LogP contribution in [-0.2, 0) is 11.2 Å². The topological polar surface area (TPSA) is 42.0 Å². The van der Waals surface area contributed by atoms with Crippen LogP contribution in [0.25, 0.3) is 10.9 Å². The lowest BCUT2D eigenvalue weighted by Gasteiger charge is -2.13. The summed E-state index contributed by atoms with van der Waals surface area (Å²) in [6, 6.07) is 16.1. The van der Waals surface area contributed by atoms with Crippen LogP contribution in [0, 0.1) is 6.92 Å². The van der Waals surface area contributed by atoms with E-state index in [1.807, 2.05) is 43.3 Å². The smallest absolute Gasteiger partial charge is 0.238 e. The van der Waals surface area contributed by atoms with E-state index in [-0.39, 0.29) is 11.2 Å². The van der Waals surface area contributed by atoms with Crippen molar-refractivity contribution >= 4 is 34.3 Å². The van der Waals surface area contributed by atoms with E-state index in [0.29, 0.717) is 0 Å². The summed E-state index contributed by atoms with van der Waals surface area (Å²) in [6.07, 6.45) is 2.57. The summed E-state index contributed by atoms with van der Waals surface area (Å²) in [4.78, 5) is 18.3. The fraction of sp³-hybridized carbons (Fsp3) is 0.158. The molecule has 0 radical (unpaired) electrons. The molecule has 4 heteroatoms. The first kappa shape index (κ1) is 14.3. The monoisotopic (exact) mass is 320 g/mol. The van der Waals surface area contributed by atoms with Crippen molar-refractivity contribution in [2.45, 2.75) is 23.5 Å². The number of nitrogens with one attached hydrogen (secondary N) is 1. The van der Waals surface area contributed by atoms with Gasteiger partial charge in [-0.2, -0.15) is 0 Å². The van der Waals surface area contributed by atoms with Crippen LogP contribution in [0.5, 0.6) is 0 Å². The summed E-state index contributed by atoms with van der Waals surface area (Å²) in [5.41, 5.74) is 4.14. The summed E-state index contributed by atoms with van der Waals surface area (Å²) in [7, 11) is 0. The van der Waals surface area contributed by atoms with Crippen LogP contribution in [-0.4, -0.2) is 16.1 Å². The van der Waals surface area contributed by atoms with Gasteiger partial charge in [-0.05, 0) is 48.7 Å². The minimum absolute atomic E-state index is 0.0557. The third-order valence-corrected chi connectivity index (χ3v) is 5.49. The predicted molar refractivity (Wildman–Crippen MR) is 94.9 cm³/mol. The summed E-state index contributed by atoms with van der Waals surface area (Å²) in [5.74, 6) is 0.0557. The Kier molecular flexibility index (Phi) is 3.54. The Morgan fingerprint density at radius 3 is 2.91 bits per heavy atom. The van der Waals surface area contributed by atoms with Crippen LogP contribution in [0.3, 0.4) is 0 Å². The third-order valence-electron chi connectivity index (χ3n) is 4.17. The van der Waals surface area contributed by atoms with Gasteiger partial charge >= 0.3 is 0 Å². The maximum atomic E-state index is 12.7. The average molecular weight is 320 g/mol. The van der Waals surface area contributed by atoms with Crippen molar-refractivity contribution in [2.24, 2.45) is 0 Å². The number of carbonyl (C=O) groups excluding carboxylic acids is 1. The van der Waals surface area contributed by atoms with Gasteiger partial charge in [0.15, 0.2) is 0 Å². The molecule has 4 rings (SSSR count). The quantitative estimate of drug-likeness (QED) is 0.769. The van der Waals surface area contributed by atoms with E-state index in [4.69, 9.17) is 0 Å². The molecule has 0 unspecified atom stereocenters. The van der Waals surface area contributed by atoms with Gasteiger partial charge in [-0.3, -0.25) is 9.78 Å². The first-order chi connectivity index (χ1) is 11.2. The van der Waals surface area contributed by atoms with Crippen LogP contribution in [0.2, 0.25) is 0 Å². The number of pyridine rings is 1. The number of rotatable bonds is 2. The first-order valence-electron chi connectivity index (χ1n) is 7.62. The highest BCUT2D eigenvalue weighted by Gasteiger charge is 2.28. The molecule has 2 aromatic carbocycles. The number of fused-ring (bicyclic) bond motifs is 2. The lowest BCUT2D eigenvalue weighted by Crippen LogP contribution is -2.24. The molecule has 1 atom stereocenters. The third kappa shape index (κ3) is 2.59. The number of benzene rings is 2. The van der Waals surface area contributed by atoms with Crippen molar-refractivity contribution in [3.63, 3.8) is 0 Å². The molecule has 0 saturated heterocycles. The number of amides is 1. The number of aromatic nitrogens is 1. The molecule has 2 heterocycles. The van der Waals surface area contributed by atoms with E-state index in [2.05, 4.69) is 22.4 Å². The summed E-state index contributed by atoms with van der Waals surface area (Å²) < 4.78 is 0. The van der Waals surface area contributed by atoms with E-state index < -0.39 is 0 Å². The van der Waals surface area contributed by atoms with Gasteiger partial charge in [-0.15, -0.1) is 11.8 Å². The average Bonchev–Trinajstić information content (AvgIpc) is 3.02. The summed E-state index contributed by atoms with van der Waals surface area (Å²) >= 11 is 1.64. The SMILES string of the molecule is Cc1ccc(NC(=O)[C@H]2Cc3ccccc3S2)c2cccnc12. The highest BCUT2D eigenvalue weighted by atomic mass is 32.2. The Morgan fingerprint density at radius 2 is 2.04 bits per heavy atom. The molecule has 23 heavy (non-hydrogen) atoms. The highest BCUT2D eigenvalue weighted by molar-refractivity contribution is 8.01. The maximum absolute atomic E-state index is 12.7. The molecule has 0 spiro atoms. The van der Waals surface area contributed by atoms with E-state index in [1.165, 1.54) is 10.5 Å². The van der Waals surface area contributed by atoms with E-state index in [9.17, 15) is 4.79 Å². The Morgan fingerprint density at radius 1 is 1.17 bits per heavy atom. The van der Waals surface area contributed by atoms with Gasteiger partial charge in [-0.1, -0.05) is 24.3 Å². The van der Waals surface area contributed by atoms with E-state index >= 15 is 0 Å². The highest BCUT2D eigenvalue weighted by Crippen LogP contribution is 2.37. The number of carbonyl (C=O) groups is 1. The van der Waals surface area contributed by atoms with Crippen molar-refractivity contribution in [3.05, 3.63) is 65.9 Å². The number of aryl methyl sites for hydroxylation is 1. The minimum atomic E-state index is -0.0691. The molecule has 0 aliphatic carbocycles. The van der Waals surface area contributed by atoms with Gasteiger partial charge in [0.1, 0.15) is 0 Å². The molecular weight excluding hydrogens is 304 g/mol. The van der Waals surface area contributed by atoms with Gasteiger partial charge in [0.25, 0.3) is 0 Å². The number of thioether (sulfide) groups is 1. The summed E-state index contributed by atoms with van der Waals surface area (Å²) in [5, 5.41) is 4.01. The number of hydrogen-bond acceptors (Lipinski definition) is 3. The minimum Gasteiger partial charge on any atom is -0.324 e. The lowest BCUT2D eigenvalue weighted by molar-refractivity contribution is -0.115. The molecule has 1 aromatic heterocycles. The van der Waals surface area contributed by atoms with Crippen molar-refractivity contribution in [1.82, 2.24) is 4.98 Å². The van der Waals surface area contributed by atoms with Crippen molar-refractivity contribution in [1.29, 1.82) is 0 Å². The normalized spacial score (nSPS) is 16.3. The molecule has 0 bridgehead atoms. The summed E-state index contributed by atoms with van der Waals surface area (Å²) in [6.45, 7) is 2.03. The van der Waals surface area contributed by atoms with Gasteiger partial charge in [-0.25, -0.2) is 0 Å². The molecule has 1 amide bonds. The van der Waals surface area contributed by atoms with Gasteiger partial charge in [0, 0.05) is 16.5 Å². The first-order valence-corrected chi connectivity index (χ1v) is 8.50. The van der Waals surface area contributed by atoms with Crippen LogP contribution in [0.15, 0.2) is 59.6 Å². The van der Waals surface area contributed by atoms with Crippen LogP contribution < -0.4 is 5.32 Å². The van der Waals surface area contributed by atoms with Crippen molar-refractivity contribution in [3.8, 4) is 0 Å². The Labute approximate surface area is 139 Å². The fourth-order valence-corrected chi connectivity index (χ4v) is 4.16. The molecule has 0 saturated carbocycles. The van der Waals surface area contributed by atoms with Crippen LogP contribution >= 0.6 is 11.8 Å². The maximum Gasteiger partial charge on any atom is 0.238 e. The second kappa shape index (κ2) is 5.70. The molecule has 1 N–H and O–H groups in total. The van der Waals surface area contributed by atoms with E-state index in [1.54, 1.807) is 18.0 Å². The zero-order valence-electron chi connectivity index (χ0n) is 12.7. The van der Waals surface area contributed by atoms with Crippen LogP contribution in [0.4, 0.5) is 5.69 Å². The zero-order valence-corrected chi connectivity index (χ0v) is 13.6. The number of nitrogens with zero attached hydrogens (tertiary/aromatic N) is 1. The van der Waals surface area contributed by atoms with Gasteiger partial charge in [0.2, 0.25) is 5.91 Å². The fourth-order valence-electron chi connectivity index (χ4n) is 2.96. The Bertz CT molecular complexity index is 882. The molecule has 114 valence electrons. The Balaban J connectivity index is 1.60. The molecule has 1 aliphatic rings. The molecule has 3 aromatic rings. The molecule has 1 aliphatic heterocycles. The van der Waals surface area contributed by atoms with Gasteiger partial charge < -0.3 is 5.32 Å². The molecule has 3 nitrogen and oxygen atoms in total. The molecule has 0 fully saturated rings. The van der Waals surface area contributed by atoms with E-state index in [0.717, 1.165) is 28.6 Å². The predicted octanol–water partition coefficient (Wildman–Crippen LogP) is 4.20. The Hall–Kier alpha value is -2.33. The van der Waals surface area contributed by atoms with Crippen molar-refractivity contribution < 1.29 is 4.79 Å². The van der Waals surface area contributed by atoms with Crippen molar-refractivity contribution in [2.75, 3.05) is 5.32 Å². The lowest BCUT2D eigenvalue weighted by atomic mass is 10.1. The largest absolute Gasteiger partial charge is 0.324 e. The number of hydrogen-bond donors (Lipinski definition) is 1. The standard InChI is InChI=1S/C19H16N2OS/c1-12-8-9-15(14-6-4-10-20-18(12)14)21-19(22)17-11-13-5-2-3-7-16(13)23-17/h2-10,17H,11H2,1H3,(H,21,22)/t17-/m1/s1. The molecular formula is C19H16N2OS.